The summed E-state index contributed by atoms with van der Waals surface area (Å²) in [5.41, 5.74) is 5.16. The van der Waals surface area contributed by atoms with Crippen LogP contribution in [0.5, 0.6) is 0 Å². The van der Waals surface area contributed by atoms with Crippen molar-refractivity contribution in [2.24, 2.45) is 5.73 Å². The number of carbonyl (C=O) groups excluding carboxylic acids is 2. The van der Waals surface area contributed by atoms with Crippen molar-refractivity contribution in [1.82, 2.24) is 9.88 Å². The van der Waals surface area contributed by atoms with E-state index >= 15 is 0 Å². The van der Waals surface area contributed by atoms with Crippen LogP contribution in [0.3, 0.4) is 0 Å². The normalized spacial score (nSPS) is 14.9. The van der Waals surface area contributed by atoms with Gasteiger partial charge in [0.15, 0.2) is 0 Å². The number of hydrogen-bond donors (Lipinski definition) is 1. The number of piperazine rings is 1. The van der Waals surface area contributed by atoms with Gasteiger partial charge in [-0.15, -0.1) is 0 Å². The van der Waals surface area contributed by atoms with Crippen molar-refractivity contribution in [2.75, 3.05) is 31.1 Å². The number of carbonyl (C=O) groups is 2. The number of aromatic nitrogens is 1. The van der Waals surface area contributed by atoms with Gasteiger partial charge in [0.05, 0.1) is 5.56 Å². The maximum Gasteiger partial charge on any atom is 0.417 e. The van der Waals surface area contributed by atoms with Crippen molar-refractivity contribution in [1.29, 1.82) is 0 Å². The zero-order valence-corrected chi connectivity index (χ0v) is 14.2. The fourth-order valence-electron chi connectivity index (χ4n) is 2.84. The molecule has 0 atom stereocenters. The Bertz CT molecular complexity index is 827. The Hall–Kier alpha value is -3.10. The minimum absolute atomic E-state index is 0.175. The summed E-state index contributed by atoms with van der Waals surface area (Å²) in [4.78, 5) is 31.0. The molecule has 2 N–H and O–H groups in total. The number of alkyl halides is 3. The molecule has 0 bridgehead atoms. The van der Waals surface area contributed by atoms with Crippen molar-refractivity contribution >= 4 is 17.6 Å². The smallest absolute Gasteiger partial charge is 0.366 e. The number of pyridine rings is 1. The monoisotopic (exact) mass is 378 g/mol. The largest absolute Gasteiger partial charge is 0.417 e. The molecule has 0 unspecified atom stereocenters. The van der Waals surface area contributed by atoms with E-state index in [1.807, 2.05) is 4.90 Å². The molecule has 6 nitrogen and oxygen atoms in total. The van der Waals surface area contributed by atoms with Gasteiger partial charge in [0.2, 0.25) is 5.91 Å². The van der Waals surface area contributed by atoms with Gasteiger partial charge in [-0.3, -0.25) is 9.59 Å². The van der Waals surface area contributed by atoms with E-state index in [4.69, 9.17) is 5.73 Å². The van der Waals surface area contributed by atoms with Crippen molar-refractivity contribution < 1.29 is 22.8 Å². The summed E-state index contributed by atoms with van der Waals surface area (Å²) in [6, 6.07) is 8.43. The van der Waals surface area contributed by atoms with E-state index in [0.717, 1.165) is 12.3 Å². The summed E-state index contributed by atoms with van der Waals surface area (Å²) in [5.74, 6) is -0.293. The summed E-state index contributed by atoms with van der Waals surface area (Å²) in [7, 11) is 0. The third kappa shape index (κ3) is 4.18. The Morgan fingerprint density at radius 1 is 0.926 bits per heavy atom. The molecule has 0 aliphatic carbocycles. The molecule has 1 aromatic heterocycles. The highest BCUT2D eigenvalue weighted by atomic mass is 19.4. The topological polar surface area (TPSA) is 79.5 Å². The second-order valence-corrected chi connectivity index (χ2v) is 6.12. The highest BCUT2D eigenvalue weighted by Crippen LogP contribution is 2.29. The molecule has 2 aromatic rings. The zero-order chi connectivity index (χ0) is 19.6. The van der Waals surface area contributed by atoms with Gasteiger partial charge in [0.25, 0.3) is 5.91 Å². The Kier molecular flexibility index (Phi) is 5.02. The molecule has 2 heterocycles. The third-order valence-corrected chi connectivity index (χ3v) is 4.38. The predicted molar refractivity (Wildman–Crippen MR) is 92.3 cm³/mol. The van der Waals surface area contributed by atoms with Gasteiger partial charge in [-0.2, -0.15) is 13.2 Å². The number of hydrogen-bond acceptors (Lipinski definition) is 4. The second kappa shape index (κ2) is 7.26. The van der Waals surface area contributed by atoms with E-state index in [0.29, 0.717) is 43.1 Å². The van der Waals surface area contributed by atoms with E-state index in [2.05, 4.69) is 4.98 Å². The summed E-state index contributed by atoms with van der Waals surface area (Å²) in [6.45, 7) is 1.76. The maximum atomic E-state index is 12.6. The van der Waals surface area contributed by atoms with E-state index < -0.39 is 17.6 Å². The first-order chi connectivity index (χ1) is 12.8. The molecule has 1 saturated heterocycles. The Morgan fingerprint density at radius 3 is 2.00 bits per heavy atom. The minimum atomic E-state index is -4.42. The van der Waals surface area contributed by atoms with Crippen molar-refractivity contribution in [2.45, 2.75) is 6.18 Å². The average Bonchev–Trinajstić information content (AvgIpc) is 2.67. The summed E-state index contributed by atoms with van der Waals surface area (Å²) < 4.78 is 37.8. The molecule has 2 amide bonds. The van der Waals surface area contributed by atoms with Gasteiger partial charge in [0, 0.05) is 43.5 Å². The lowest BCUT2D eigenvalue weighted by Crippen LogP contribution is -2.49. The van der Waals surface area contributed by atoms with Crippen LogP contribution in [0, 0.1) is 0 Å². The standard InChI is InChI=1S/C18H17F3N4O2/c19-18(20,21)14-5-6-15(23-11-14)24-7-9-25(10-8-24)17(27)13-3-1-12(2-4-13)16(22)26/h1-6,11H,7-10H2,(H2,22,26). The quantitative estimate of drug-likeness (QED) is 0.888. The van der Waals surface area contributed by atoms with Gasteiger partial charge in [-0.05, 0) is 36.4 Å². The summed E-state index contributed by atoms with van der Waals surface area (Å²) >= 11 is 0. The van der Waals surface area contributed by atoms with Gasteiger partial charge in [-0.1, -0.05) is 0 Å². The highest BCUT2D eigenvalue weighted by Gasteiger charge is 2.31. The number of primary amides is 1. The van der Waals surface area contributed by atoms with E-state index in [1.165, 1.54) is 18.2 Å². The Balaban J connectivity index is 1.61. The van der Waals surface area contributed by atoms with Crippen LogP contribution in [0.25, 0.3) is 0 Å². The van der Waals surface area contributed by atoms with Crippen LogP contribution >= 0.6 is 0 Å². The summed E-state index contributed by atoms with van der Waals surface area (Å²) in [6.07, 6.45) is -3.60. The van der Waals surface area contributed by atoms with Crippen LogP contribution in [-0.2, 0) is 6.18 Å². The first-order valence-electron chi connectivity index (χ1n) is 8.23. The molecule has 1 aliphatic heterocycles. The predicted octanol–water partition coefficient (Wildman–Crippen LogP) is 2.16. The van der Waals surface area contributed by atoms with Gasteiger partial charge < -0.3 is 15.5 Å². The van der Waals surface area contributed by atoms with E-state index in [1.54, 1.807) is 17.0 Å². The Morgan fingerprint density at radius 2 is 1.52 bits per heavy atom. The number of anilines is 1. The lowest BCUT2D eigenvalue weighted by atomic mass is 10.1. The molecular weight excluding hydrogens is 361 g/mol. The van der Waals surface area contributed by atoms with Crippen LogP contribution in [0.2, 0.25) is 0 Å². The molecule has 0 radical (unpaired) electrons. The Labute approximate surface area is 153 Å². The van der Waals surface area contributed by atoms with Crippen LogP contribution in [0.15, 0.2) is 42.6 Å². The zero-order valence-electron chi connectivity index (χ0n) is 14.2. The van der Waals surface area contributed by atoms with Crippen molar-refractivity contribution in [3.63, 3.8) is 0 Å². The van der Waals surface area contributed by atoms with Gasteiger partial charge in [-0.25, -0.2) is 4.98 Å². The molecule has 1 aromatic carbocycles. The number of amides is 2. The number of halogens is 3. The van der Waals surface area contributed by atoms with Crippen LogP contribution in [0.1, 0.15) is 26.3 Å². The van der Waals surface area contributed by atoms with E-state index in [9.17, 15) is 22.8 Å². The average molecular weight is 378 g/mol. The van der Waals surface area contributed by atoms with Crippen LogP contribution in [-0.4, -0.2) is 47.9 Å². The molecule has 1 aliphatic rings. The highest BCUT2D eigenvalue weighted by molar-refractivity contribution is 5.97. The first-order valence-corrected chi connectivity index (χ1v) is 8.23. The van der Waals surface area contributed by atoms with Crippen LogP contribution in [0.4, 0.5) is 19.0 Å². The third-order valence-electron chi connectivity index (χ3n) is 4.38. The first kappa shape index (κ1) is 18.7. The van der Waals surface area contributed by atoms with Gasteiger partial charge in [0.1, 0.15) is 5.82 Å². The van der Waals surface area contributed by atoms with Crippen LogP contribution < -0.4 is 10.6 Å². The number of benzene rings is 1. The fraction of sp³-hybridized carbons (Fsp3) is 0.278. The van der Waals surface area contributed by atoms with Gasteiger partial charge >= 0.3 is 6.18 Å². The number of rotatable bonds is 3. The second-order valence-electron chi connectivity index (χ2n) is 6.12. The summed E-state index contributed by atoms with van der Waals surface area (Å²) in [5, 5.41) is 0. The molecule has 1 fully saturated rings. The lowest BCUT2D eigenvalue weighted by molar-refractivity contribution is -0.137. The maximum absolute atomic E-state index is 12.6. The number of nitrogens with two attached hydrogens (primary N) is 1. The molecule has 27 heavy (non-hydrogen) atoms. The molecule has 3 rings (SSSR count). The molecular formula is C18H17F3N4O2. The van der Waals surface area contributed by atoms with Crippen molar-refractivity contribution in [3.8, 4) is 0 Å². The SMILES string of the molecule is NC(=O)c1ccc(C(=O)N2CCN(c3ccc(C(F)(F)F)cn3)CC2)cc1. The van der Waals surface area contributed by atoms with E-state index in [-0.39, 0.29) is 5.91 Å². The molecule has 9 heteroatoms. The number of nitrogens with zero attached hydrogens (tertiary/aromatic N) is 3. The molecule has 0 saturated carbocycles. The van der Waals surface area contributed by atoms with Crippen molar-refractivity contribution in [3.05, 3.63) is 59.3 Å². The fourth-order valence-corrected chi connectivity index (χ4v) is 2.84. The molecule has 142 valence electrons. The minimum Gasteiger partial charge on any atom is -0.366 e. The molecule has 0 spiro atoms. The lowest BCUT2D eigenvalue weighted by Gasteiger charge is -2.35.